The molecule has 5 nitrogen and oxygen atoms in total. The van der Waals surface area contributed by atoms with Gasteiger partial charge in [0, 0.05) is 18.3 Å². The van der Waals surface area contributed by atoms with E-state index in [1.165, 1.54) is 18.2 Å². The number of carbonyl (C=O) groups excluding carboxylic acids is 1. The Balaban J connectivity index is 1.98. The van der Waals surface area contributed by atoms with Crippen molar-refractivity contribution >= 4 is 33.2 Å². The van der Waals surface area contributed by atoms with E-state index in [-0.39, 0.29) is 27.4 Å². The zero-order chi connectivity index (χ0) is 18.2. The first-order valence-electron chi connectivity index (χ1n) is 8.01. The average Bonchev–Trinajstić information content (AvgIpc) is 2.97. The summed E-state index contributed by atoms with van der Waals surface area (Å²) in [5.41, 5.74) is 2.12. The lowest BCUT2D eigenvalue weighted by Gasteiger charge is -2.19. The van der Waals surface area contributed by atoms with E-state index in [0.717, 1.165) is 17.7 Å². The molecule has 0 spiro atoms. The van der Waals surface area contributed by atoms with Crippen LogP contribution in [0.25, 0.3) is 0 Å². The van der Waals surface area contributed by atoms with Crippen molar-refractivity contribution in [3.05, 3.63) is 58.6 Å². The van der Waals surface area contributed by atoms with E-state index in [2.05, 4.69) is 4.72 Å². The number of nitrogens with one attached hydrogen (secondary N) is 1. The molecule has 1 heterocycles. The Morgan fingerprint density at radius 1 is 1.20 bits per heavy atom. The monoisotopic (exact) mass is 378 g/mol. The highest BCUT2D eigenvalue weighted by Crippen LogP contribution is 2.31. The minimum atomic E-state index is -3.70. The standard InChI is InChI=1S/C18H19ClN2O3S/c1-12(2)20-25(23,24)14-7-8-16(19)15(11-14)18(22)21-10-9-13-5-3-4-6-17(13)21/h3-8,11-12,20H,9-10H2,1-2H3. The largest absolute Gasteiger partial charge is 0.308 e. The van der Waals surface area contributed by atoms with Crippen LogP contribution in [0.4, 0.5) is 5.69 Å². The molecule has 2 aromatic rings. The van der Waals surface area contributed by atoms with Crippen LogP contribution >= 0.6 is 11.6 Å². The second-order valence-corrected chi connectivity index (χ2v) is 8.37. The molecule has 2 aromatic carbocycles. The minimum Gasteiger partial charge on any atom is -0.308 e. The van der Waals surface area contributed by atoms with Crippen LogP contribution in [0.2, 0.25) is 5.02 Å². The number of rotatable bonds is 4. The normalized spacial score (nSPS) is 14.0. The highest BCUT2D eigenvalue weighted by atomic mass is 35.5. The summed E-state index contributed by atoms with van der Waals surface area (Å²) in [4.78, 5) is 14.6. The molecular formula is C18H19ClN2O3S. The second-order valence-electron chi connectivity index (χ2n) is 6.25. The molecule has 0 saturated carbocycles. The molecule has 132 valence electrons. The lowest BCUT2D eigenvalue weighted by Crippen LogP contribution is -2.31. The lowest BCUT2D eigenvalue weighted by atomic mass is 10.1. The molecule has 1 aliphatic rings. The molecule has 1 aliphatic heterocycles. The summed E-state index contributed by atoms with van der Waals surface area (Å²) in [5, 5.41) is 0.234. The number of nitrogens with zero attached hydrogens (tertiary/aromatic N) is 1. The van der Waals surface area contributed by atoms with Gasteiger partial charge in [-0.2, -0.15) is 0 Å². The highest BCUT2D eigenvalue weighted by molar-refractivity contribution is 7.89. The van der Waals surface area contributed by atoms with Crippen LogP contribution in [0.15, 0.2) is 47.4 Å². The van der Waals surface area contributed by atoms with E-state index in [1.54, 1.807) is 18.7 Å². The van der Waals surface area contributed by atoms with Crippen LogP contribution in [-0.2, 0) is 16.4 Å². The zero-order valence-electron chi connectivity index (χ0n) is 14.0. The number of para-hydroxylation sites is 1. The second kappa shape index (κ2) is 6.78. The topological polar surface area (TPSA) is 66.5 Å². The molecular weight excluding hydrogens is 360 g/mol. The molecule has 0 unspecified atom stereocenters. The van der Waals surface area contributed by atoms with Gasteiger partial charge in [-0.3, -0.25) is 4.79 Å². The fourth-order valence-corrected chi connectivity index (χ4v) is 4.38. The van der Waals surface area contributed by atoms with Gasteiger partial charge in [0.25, 0.3) is 5.91 Å². The van der Waals surface area contributed by atoms with Crippen molar-refractivity contribution in [3.8, 4) is 0 Å². The quantitative estimate of drug-likeness (QED) is 0.888. The Hall–Kier alpha value is -1.89. The Morgan fingerprint density at radius 3 is 2.64 bits per heavy atom. The molecule has 0 saturated heterocycles. The van der Waals surface area contributed by atoms with Crippen molar-refractivity contribution in [2.24, 2.45) is 0 Å². The smallest absolute Gasteiger partial charge is 0.259 e. The number of hydrogen-bond acceptors (Lipinski definition) is 3. The highest BCUT2D eigenvalue weighted by Gasteiger charge is 2.28. The van der Waals surface area contributed by atoms with Gasteiger partial charge in [-0.25, -0.2) is 13.1 Å². The van der Waals surface area contributed by atoms with Crippen molar-refractivity contribution in [1.29, 1.82) is 0 Å². The van der Waals surface area contributed by atoms with Gasteiger partial charge in [-0.15, -0.1) is 0 Å². The molecule has 25 heavy (non-hydrogen) atoms. The first-order chi connectivity index (χ1) is 11.8. The van der Waals surface area contributed by atoms with Crippen molar-refractivity contribution in [3.63, 3.8) is 0 Å². The van der Waals surface area contributed by atoms with Gasteiger partial charge in [0.15, 0.2) is 0 Å². The minimum absolute atomic E-state index is 0.0291. The number of amides is 1. The van der Waals surface area contributed by atoms with E-state index in [0.29, 0.717) is 6.54 Å². The van der Waals surface area contributed by atoms with Crippen LogP contribution in [0.3, 0.4) is 0 Å². The number of anilines is 1. The van der Waals surface area contributed by atoms with E-state index in [1.807, 2.05) is 24.3 Å². The number of carbonyl (C=O) groups is 1. The van der Waals surface area contributed by atoms with Crippen LogP contribution in [0, 0.1) is 0 Å². The summed E-state index contributed by atoms with van der Waals surface area (Å²) in [6, 6.07) is 11.6. The number of hydrogen-bond donors (Lipinski definition) is 1. The summed E-state index contributed by atoms with van der Waals surface area (Å²) in [7, 11) is -3.70. The third kappa shape index (κ3) is 3.56. The van der Waals surface area contributed by atoms with Gasteiger partial charge >= 0.3 is 0 Å². The fourth-order valence-electron chi connectivity index (χ4n) is 2.91. The number of halogens is 1. The van der Waals surface area contributed by atoms with E-state index < -0.39 is 10.0 Å². The van der Waals surface area contributed by atoms with Gasteiger partial charge in [-0.1, -0.05) is 29.8 Å². The van der Waals surface area contributed by atoms with Gasteiger partial charge in [-0.05, 0) is 50.1 Å². The predicted octanol–water partition coefficient (Wildman–Crippen LogP) is 3.23. The summed E-state index contributed by atoms with van der Waals surface area (Å²) in [6.07, 6.45) is 0.770. The Morgan fingerprint density at radius 2 is 1.92 bits per heavy atom. The number of fused-ring (bicyclic) bond motifs is 1. The van der Waals surface area contributed by atoms with E-state index >= 15 is 0 Å². The van der Waals surface area contributed by atoms with Gasteiger partial charge in [0.1, 0.15) is 0 Å². The summed E-state index contributed by atoms with van der Waals surface area (Å²) in [5.74, 6) is -0.295. The first-order valence-corrected chi connectivity index (χ1v) is 9.87. The van der Waals surface area contributed by atoms with E-state index in [9.17, 15) is 13.2 Å². The molecule has 1 N–H and O–H groups in total. The maximum atomic E-state index is 13.0. The molecule has 0 atom stereocenters. The maximum absolute atomic E-state index is 13.0. The molecule has 3 rings (SSSR count). The summed E-state index contributed by atoms with van der Waals surface area (Å²) in [6.45, 7) is 4.02. The molecule has 0 aromatic heterocycles. The lowest BCUT2D eigenvalue weighted by molar-refractivity contribution is 0.0989. The molecule has 0 radical (unpaired) electrons. The zero-order valence-corrected chi connectivity index (χ0v) is 15.6. The predicted molar refractivity (Wildman–Crippen MR) is 98.7 cm³/mol. The molecule has 0 fully saturated rings. The van der Waals surface area contributed by atoms with Crippen molar-refractivity contribution < 1.29 is 13.2 Å². The van der Waals surface area contributed by atoms with Crippen molar-refractivity contribution in [1.82, 2.24) is 4.72 Å². The Kier molecular flexibility index (Phi) is 4.86. The molecule has 0 bridgehead atoms. The van der Waals surface area contributed by atoms with Crippen molar-refractivity contribution in [2.75, 3.05) is 11.4 Å². The van der Waals surface area contributed by atoms with Gasteiger partial charge in [0.05, 0.1) is 15.5 Å². The van der Waals surface area contributed by atoms with Crippen LogP contribution < -0.4 is 9.62 Å². The van der Waals surface area contributed by atoms with Gasteiger partial charge < -0.3 is 4.90 Å². The van der Waals surface area contributed by atoms with E-state index in [4.69, 9.17) is 11.6 Å². The van der Waals surface area contributed by atoms with Crippen LogP contribution in [0.5, 0.6) is 0 Å². The Bertz CT molecular complexity index is 926. The maximum Gasteiger partial charge on any atom is 0.259 e. The first kappa shape index (κ1) is 17.9. The number of sulfonamides is 1. The van der Waals surface area contributed by atoms with Crippen LogP contribution in [-0.4, -0.2) is 26.9 Å². The average molecular weight is 379 g/mol. The SMILES string of the molecule is CC(C)NS(=O)(=O)c1ccc(Cl)c(C(=O)N2CCc3ccccc32)c1. The third-order valence-electron chi connectivity index (χ3n) is 4.00. The molecule has 1 amide bonds. The fraction of sp³-hybridized carbons (Fsp3) is 0.278. The van der Waals surface area contributed by atoms with Gasteiger partial charge in [0.2, 0.25) is 10.0 Å². The van der Waals surface area contributed by atoms with Crippen LogP contribution in [0.1, 0.15) is 29.8 Å². The third-order valence-corrected chi connectivity index (χ3v) is 5.99. The number of benzene rings is 2. The Labute approximate surface area is 152 Å². The van der Waals surface area contributed by atoms with Crippen molar-refractivity contribution in [2.45, 2.75) is 31.2 Å². The summed E-state index contributed by atoms with van der Waals surface area (Å²) < 4.78 is 27.2. The summed E-state index contributed by atoms with van der Waals surface area (Å²) >= 11 is 6.19. The molecule has 7 heteroatoms. The molecule has 0 aliphatic carbocycles.